The summed E-state index contributed by atoms with van der Waals surface area (Å²) in [6, 6.07) is 12.0. The van der Waals surface area contributed by atoms with Crippen LogP contribution in [-0.4, -0.2) is 37.0 Å². The number of methoxy groups -OCH3 is 1. The molecule has 0 saturated heterocycles. The summed E-state index contributed by atoms with van der Waals surface area (Å²) in [6.07, 6.45) is 8.30. The number of aryl methyl sites for hydroxylation is 2. The van der Waals surface area contributed by atoms with Crippen molar-refractivity contribution in [1.29, 1.82) is 0 Å². The van der Waals surface area contributed by atoms with Crippen LogP contribution in [0.2, 0.25) is 0 Å². The summed E-state index contributed by atoms with van der Waals surface area (Å²) in [6.45, 7) is 2.04. The second-order valence-electron chi connectivity index (χ2n) is 7.34. The predicted molar refractivity (Wildman–Crippen MR) is 129 cm³/mol. The summed E-state index contributed by atoms with van der Waals surface area (Å²) in [7, 11) is 3.26. The zero-order valence-electron chi connectivity index (χ0n) is 18.8. The zero-order valence-corrected chi connectivity index (χ0v) is 19.7. The Morgan fingerprint density at radius 3 is 2.62 bits per heavy atom. The number of carbonyl (C=O) groups is 1. The number of hydrogen-bond donors (Lipinski definition) is 0. The van der Waals surface area contributed by atoms with Crippen molar-refractivity contribution < 1.29 is 13.9 Å². The Balaban J connectivity index is 0.000000398. The van der Waals surface area contributed by atoms with Crippen molar-refractivity contribution in [1.82, 2.24) is 24.1 Å². The minimum atomic E-state index is -0.368. The second kappa shape index (κ2) is 10.2. The van der Waals surface area contributed by atoms with Crippen LogP contribution in [0.25, 0.3) is 16.8 Å². The highest BCUT2D eigenvalue weighted by molar-refractivity contribution is 7.09. The van der Waals surface area contributed by atoms with E-state index in [1.54, 1.807) is 70.6 Å². The molecule has 0 aliphatic rings. The van der Waals surface area contributed by atoms with E-state index >= 15 is 0 Å². The summed E-state index contributed by atoms with van der Waals surface area (Å²) >= 11 is 1.67. The lowest BCUT2D eigenvalue weighted by Crippen LogP contribution is -2.09. The van der Waals surface area contributed by atoms with Gasteiger partial charge in [0.25, 0.3) is 0 Å². The largest absolute Gasteiger partial charge is 0.496 e. The SMILES string of the molecule is COc1cccc(F)c1-c1cccc(-n2cnc(C(=O)c3nccn3C)c2)c1.Cc1cncs1. The number of nitrogens with zero attached hydrogens (tertiary/aromatic N) is 5. The number of thiazole rings is 1. The van der Waals surface area contributed by atoms with E-state index in [1.807, 2.05) is 36.8 Å². The van der Waals surface area contributed by atoms with E-state index in [2.05, 4.69) is 15.0 Å². The maximum absolute atomic E-state index is 14.4. The Hall–Kier alpha value is -4.11. The number of carbonyl (C=O) groups excluding carboxylic acids is 1. The number of ketones is 1. The first-order chi connectivity index (χ1) is 16.5. The molecule has 0 aliphatic heterocycles. The van der Waals surface area contributed by atoms with Crippen LogP contribution >= 0.6 is 11.3 Å². The molecule has 0 aliphatic carbocycles. The van der Waals surface area contributed by atoms with Gasteiger partial charge in [0.2, 0.25) is 5.78 Å². The number of ether oxygens (including phenoxy) is 1. The molecular formula is C25H22FN5O2S. The molecule has 0 bridgehead atoms. The van der Waals surface area contributed by atoms with Crippen LogP contribution in [0, 0.1) is 12.7 Å². The fraction of sp³-hybridized carbons (Fsp3) is 0.120. The van der Waals surface area contributed by atoms with E-state index in [1.165, 1.54) is 18.1 Å². The highest BCUT2D eigenvalue weighted by atomic mass is 32.1. The Kier molecular flexibility index (Phi) is 6.93. The summed E-state index contributed by atoms with van der Waals surface area (Å²) in [4.78, 5) is 25.9. The lowest BCUT2D eigenvalue weighted by Gasteiger charge is -2.11. The molecule has 0 unspecified atom stereocenters. The van der Waals surface area contributed by atoms with Gasteiger partial charge in [0.05, 0.1) is 18.2 Å². The van der Waals surface area contributed by atoms with Crippen LogP contribution < -0.4 is 4.74 Å². The lowest BCUT2D eigenvalue weighted by atomic mass is 10.0. The average molecular weight is 476 g/mol. The molecule has 0 spiro atoms. The molecule has 0 radical (unpaired) electrons. The van der Waals surface area contributed by atoms with Gasteiger partial charge >= 0.3 is 0 Å². The third-order valence-electron chi connectivity index (χ3n) is 5.02. The van der Waals surface area contributed by atoms with Gasteiger partial charge in [0.1, 0.15) is 23.6 Å². The molecule has 0 atom stereocenters. The minimum Gasteiger partial charge on any atom is -0.496 e. The second-order valence-corrected chi connectivity index (χ2v) is 8.43. The molecule has 7 nitrogen and oxygen atoms in total. The summed E-state index contributed by atoms with van der Waals surface area (Å²) in [5.41, 5.74) is 3.90. The van der Waals surface area contributed by atoms with Crippen molar-refractivity contribution >= 4 is 17.1 Å². The average Bonchev–Trinajstić information content (AvgIpc) is 3.61. The number of halogens is 1. The van der Waals surface area contributed by atoms with Crippen LogP contribution in [-0.2, 0) is 7.05 Å². The molecule has 172 valence electrons. The lowest BCUT2D eigenvalue weighted by molar-refractivity contribution is 0.102. The van der Waals surface area contributed by atoms with Gasteiger partial charge in [-0.05, 0) is 36.8 Å². The molecule has 0 N–H and O–H groups in total. The third kappa shape index (κ3) is 4.94. The highest BCUT2D eigenvalue weighted by Crippen LogP contribution is 2.33. The normalized spacial score (nSPS) is 10.5. The van der Waals surface area contributed by atoms with Crippen molar-refractivity contribution in [3.05, 3.63) is 101 Å². The molecule has 3 heterocycles. The fourth-order valence-corrected chi connectivity index (χ4v) is 3.75. The van der Waals surface area contributed by atoms with Gasteiger partial charge < -0.3 is 13.9 Å². The first-order valence-electron chi connectivity index (χ1n) is 10.3. The number of hydrogen-bond acceptors (Lipinski definition) is 6. The van der Waals surface area contributed by atoms with Crippen molar-refractivity contribution in [2.24, 2.45) is 7.05 Å². The van der Waals surface area contributed by atoms with E-state index in [-0.39, 0.29) is 17.3 Å². The number of benzene rings is 2. The topological polar surface area (TPSA) is 74.8 Å². The zero-order chi connectivity index (χ0) is 24.1. The van der Waals surface area contributed by atoms with Crippen molar-refractivity contribution in [3.63, 3.8) is 0 Å². The smallest absolute Gasteiger partial charge is 0.248 e. The Labute approximate surface area is 200 Å². The predicted octanol–water partition coefficient (Wildman–Crippen LogP) is 5.10. The van der Waals surface area contributed by atoms with Crippen LogP contribution in [0.1, 0.15) is 21.2 Å². The van der Waals surface area contributed by atoms with E-state index < -0.39 is 0 Å². The number of aromatic nitrogens is 5. The quantitative estimate of drug-likeness (QED) is 0.331. The van der Waals surface area contributed by atoms with Crippen LogP contribution in [0.4, 0.5) is 4.39 Å². The molecule has 0 fully saturated rings. The molecule has 5 aromatic rings. The molecule has 0 saturated carbocycles. The minimum absolute atomic E-state index is 0.266. The number of imidazole rings is 2. The molecular weight excluding hydrogens is 453 g/mol. The van der Waals surface area contributed by atoms with Gasteiger partial charge in [-0.2, -0.15) is 0 Å². The van der Waals surface area contributed by atoms with Crippen LogP contribution in [0.3, 0.4) is 0 Å². The summed E-state index contributed by atoms with van der Waals surface area (Å²) in [5, 5.41) is 0. The third-order valence-corrected chi connectivity index (χ3v) is 5.73. The van der Waals surface area contributed by atoms with Crippen molar-refractivity contribution in [3.8, 4) is 22.6 Å². The molecule has 9 heteroatoms. The van der Waals surface area contributed by atoms with Gasteiger partial charge in [-0.1, -0.05) is 18.2 Å². The van der Waals surface area contributed by atoms with E-state index in [4.69, 9.17) is 4.74 Å². The van der Waals surface area contributed by atoms with E-state index in [0.29, 0.717) is 22.7 Å². The molecule has 0 amide bonds. The Morgan fingerprint density at radius 2 is 1.97 bits per heavy atom. The van der Waals surface area contributed by atoms with Gasteiger partial charge in [0, 0.05) is 42.4 Å². The van der Waals surface area contributed by atoms with Crippen molar-refractivity contribution in [2.75, 3.05) is 7.11 Å². The summed E-state index contributed by atoms with van der Waals surface area (Å²) in [5.74, 6) is 0.134. The Bertz CT molecular complexity index is 1410. The first-order valence-corrected chi connectivity index (χ1v) is 11.2. The van der Waals surface area contributed by atoms with Crippen molar-refractivity contribution in [2.45, 2.75) is 6.92 Å². The molecule has 5 rings (SSSR count). The van der Waals surface area contributed by atoms with Crippen LogP contribution in [0.15, 0.2) is 79.1 Å². The Morgan fingerprint density at radius 1 is 1.15 bits per heavy atom. The molecule has 3 aromatic heterocycles. The maximum Gasteiger partial charge on any atom is 0.248 e. The van der Waals surface area contributed by atoms with Gasteiger partial charge in [-0.3, -0.25) is 9.78 Å². The monoisotopic (exact) mass is 475 g/mol. The molecule has 2 aromatic carbocycles. The van der Waals surface area contributed by atoms with E-state index in [9.17, 15) is 9.18 Å². The van der Waals surface area contributed by atoms with Gasteiger partial charge in [-0.25, -0.2) is 14.4 Å². The highest BCUT2D eigenvalue weighted by Gasteiger charge is 2.17. The summed E-state index contributed by atoms with van der Waals surface area (Å²) < 4.78 is 23.1. The van der Waals surface area contributed by atoms with Gasteiger partial charge in [0.15, 0.2) is 5.82 Å². The molecule has 34 heavy (non-hydrogen) atoms. The number of rotatable bonds is 5. The first kappa shape index (κ1) is 23.1. The van der Waals surface area contributed by atoms with Gasteiger partial charge in [-0.15, -0.1) is 11.3 Å². The van der Waals surface area contributed by atoms with Crippen LogP contribution in [0.5, 0.6) is 5.75 Å². The standard InChI is InChI=1S/C21H17FN4O2.C4H5NS/c1-25-10-9-23-21(25)20(27)17-12-26(13-24-17)15-6-3-5-14(11-15)19-16(22)7-4-8-18(19)28-2;1-4-2-5-3-6-4/h3-13H,1-2H3;2-3H,1H3. The fourth-order valence-electron chi connectivity index (χ4n) is 3.34. The van der Waals surface area contributed by atoms with E-state index in [0.717, 1.165) is 5.69 Å². The maximum atomic E-state index is 14.4.